The van der Waals surface area contributed by atoms with Crippen LogP contribution in [0.2, 0.25) is 5.02 Å². The van der Waals surface area contributed by atoms with E-state index in [-0.39, 0.29) is 11.5 Å². The summed E-state index contributed by atoms with van der Waals surface area (Å²) in [5.41, 5.74) is 4.47. The Hall–Kier alpha value is -3.84. The van der Waals surface area contributed by atoms with Crippen molar-refractivity contribution in [3.8, 4) is 5.75 Å². The van der Waals surface area contributed by atoms with E-state index in [0.29, 0.717) is 34.4 Å². The van der Waals surface area contributed by atoms with Crippen molar-refractivity contribution in [2.24, 2.45) is 7.05 Å². The summed E-state index contributed by atoms with van der Waals surface area (Å²) in [6, 6.07) is 16.8. The van der Waals surface area contributed by atoms with Gasteiger partial charge in [-0.1, -0.05) is 35.9 Å². The zero-order valence-electron chi connectivity index (χ0n) is 20.9. The lowest BCUT2D eigenvalue weighted by molar-refractivity contribution is 0.0985. The van der Waals surface area contributed by atoms with Gasteiger partial charge < -0.3 is 13.9 Å². The zero-order chi connectivity index (χ0) is 25.8. The van der Waals surface area contributed by atoms with Crippen LogP contribution in [-0.2, 0) is 13.6 Å². The molecule has 0 bridgehead atoms. The number of aromatic nitrogens is 3. The first-order valence-corrected chi connectivity index (χ1v) is 12.7. The Morgan fingerprint density at radius 1 is 1.05 bits per heavy atom. The predicted molar refractivity (Wildman–Crippen MR) is 143 cm³/mol. The maximum atomic E-state index is 14.3. The largest absolute Gasteiger partial charge is 0.497 e. The monoisotopic (exact) mass is 514 g/mol. The third-order valence-corrected chi connectivity index (χ3v) is 7.47. The van der Waals surface area contributed by atoms with Gasteiger partial charge in [-0.25, -0.2) is 4.98 Å². The second-order valence-electron chi connectivity index (χ2n) is 9.84. The van der Waals surface area contributed by atoms with Crippen molar-refractivity contribution in [1.29, 1.82) is 0 Å². The first-order chi connectivity index (χ1) is 17.9. The van der Waals surface area contributed by atoms with Crippen LogP contribution in [0.1, 0.15) is 63.5 Å². The van der Waals surface area contributed by atoms with Gasteiger partial charge >= 0.3 is 0 Å². The van der Waals surface area contributed by atoms with Gasteiger partial charge in [-0.2, -0.15) is 0 Å². The molecule has 0 spiro atoms. The van der Waals surface area contributed by atoms with Gasteiger partial charge in [0.2, 0.25) is 0 Å². The van der Waals surface area contributed by atoms with Crippen LogP contribution >= 0.6 is 11.6 Å². The summed E-state index contributed by atoms with van der Waals surface area (Å²) < 4.78 is 8.93. The molecule has 1 saturated carbocycles. The molecule has 1 atom stereocenters. The molecule has 1 fully saturated rings. The molecule has 1 unspecified atom stereocenters. The third-order valence-electron chi connectivity index (χ3n) is 7.22. The SMILES string of the molecule is COc1ccc(Cn2c(C3CC3)nc3c2C(=O)N(c2cc(C)c(=O)n(C)c2)C3c2ccc(Cl)cc2)cc1. The molecule has 0 radical (unpaired) electrons. The van der Waals surface area contributed by atoms with E-state index in [1.54, 1.807) is 38.2 Å². The fraction of sp³-hybridized carbons (Fsp3) is 0.276. The normalized spacial score (nSPS) is 16.8. The number of ether oxygens (including phenoxy) is 1. The van der Waals surface area contributed by atoms with Gasteiger partial charge in [-0.15, -0.1) is 0 Å². The number of pyridine rings is 1. The number of amides is 1. The Morgan fingerprint density at radius 3 is 2.38 bits per heavy atom. The lowest BCUT2D eigenvalue weighted by atomic mass is 10.0. The minimum absolute atomic E-state index is 0.0888. The van der Waals surface area contributed by atoms with Crippen LogP contribution in [-0.4, -0.2) is 27.1 Å². The highest BCUT2D eigenvalue weighted by atomic mass is 35.5. The summed E-state index contributed by atoms with van der Waals surface area (Å²) in [5.74, 6) is 1.98. The number of imidazole rings is 1. The maximum absolute atomic E-state index is 14.3. The Kier molecular flexibility index (Phi) is 5.68. The molecule has 0 saturated heterocycles. The summed E-state index contributed by atoms with van der Waals surface area (Å²) >= 11 is 6.20. The van der Waals surface area contributed by atoms with Crippen molar-refractivity contribution in [1.82, 2.24) is 14.1 Å². The molecule has 37 heavy (non-hydrogen) atoms. The lowest BCUT2D eigenvalue weighted by Gasteiger charge is -2.26. The van der Waals surface area contributed by atoms with Gasteiger partial charge in [0.15, 0.2) is 0 Å². The first-order valence-electron chi connectivity index (χ1n) is 12.3. The number of nitrogens with zero attached hydrogens (tertiary/aromatic N) is 4. The summed E-state index contributed by atoms with van der Waals surface area (Å²) in [6.07, 6.45) is 3.86. The summed E-state index contributed by atoms with van der Waals surface area (Å²) in [5, 5.41) is 0.626. The van der Waals surface area contributed by atoms with Crippen molar-refractivity contribution < 1.29 is 9.53 Å². The molecule has 3 heterocycles. The number of anilines is 1. The van der Waals surface area contributed by atoms with Gasteiger partial charge in [0.1, 0.15) is 23.3 Å². The molecule has 1 amide bonds. The molecule has 4 aromatic rings. The van der Waals surface area contributed by atoms with E-state index in [9.17, 15) is 9.59 Å². The number of carbonyl (C=O) groups excluding carboxylic acids is 1. The smallest absolute Gasteiger partial charge is 0.277 e. The number of fused-ring (bicyclic) bond motifs is 1. The number of hydrogen-bond acceptors (Lipinski definition) is 4. The van der Waals surface area contributed by atoms with E-state index < -0.39 is 6.04 Å². The molecule has 8 heteroatoms. The number of benzene rings is 2. The number of carbonyl (C=O) groups is 1. The summed E-state index contributed by atoms with van der Waals surface area (Å²) in [4.78, 5) is 33.6. The summed E-state index contributed by atoms with van der Waals surface area (Å²) in [7, 11) is 3.35. The molecule has 188 valence electrons. The third kappa shape index (κ3) is 4.03. The van der Waals surface area contributed by atoms with E-state index in [0.717, 1.165) is 41.2 Å². The number of methoxy groups -OCH3 is 1. The molecule has 6 rings (SSSR count). The second kappa shape index (κ2) is 8.92. The number of halogens is 1. The highest BCUT2D eigenvalue weighted by Crippen LogP contribution is 2.46. The quantitative estimate of drug-likeness (QED) is 0.353. The fourth-order valence-electron chi connectivity index (χ4n) is 5.19. The standard InChI is InChI=1S/C29H27ClN4O3/c1-17-14-22(16-32(2)28(17)35)34-25(19-8-10-21(30)11-9-19)24-26(29(34)36)33(27(31-24)20-6-7-20)15-18-4-12-23(37-3)13-5-18/h4-5,8-14,16,20,25H,6-7,15H2,1-3H3. The minimum Gasteiger partial charge on any atom is -0.497 e. The fourth-order valence-corrected chi connectivity index (χ4v) is 5.32. The molecule has 0 N–H and O–H groups in total. The Morgan fingerprint density at radius 2 is 1.76 bits per heavy atom. The van der Waals surface area contributed by atoms with E-state index >= 15 is 0 Å². The Balaban J connectivity index is 1.52. The van der Waals surface area contributed by atoms with Crippen molar-refractivity contribution in [2.45, 2.75) is 38.3 Å². The lowest BCUT2D eigenvalue weighted by Crippen LogP contribution is -2.32. The van der Waals surface area contributed by atoms with E-state index in [1.807, 2.05) is 48.5 Å². The predicted octanol–water partition coefficient (Wildman–Crippen LogP) is 5.23. The number of rotatable bonds is 6. The molecule has 2 aromatic heterocycles. The van der Waals surface area contributed by atoms with E-state index in [1.165, 1.54) is 4.57 Å². The van der Waals surface area contributed by atoms with Crippen molar-refractivity contribution in [3.05, 3.63) is 110 Å². The number of hydrogen-bond donors (Lipinski definition) is 0. The van der Waals surface area contributed by atoms with Crippen LogP contribution in [0.4, 0.5) is 5.69 Å². The van der Waals surface area contributed by atoms with Gasteiger partial charge in [0, 0.05) is 36.3 Å². The average molecular weight is 515 g/mol. The minimum atomic E-state index is -0.425. The van der Waals surface area contributed by atoms with Crippen LogP contribution < -0.4 is 15.2 Å². The number of aryl methyl sites for hydroxylation is 2. The van der Waals surface area contributed by atoms with Gasteiger partial charge in [-0.3, -0.25) is 14.5 Å². The van der Waals surface area contributed by atoms with Crippen LogP contribution in [0.25, 0.3) is 0 Å². The Bertz CT molecular complexity index is 1540. The highest BCUT2D eigenvalue weighted by molar-refractivity contribution is 6.30. The topological polar surface area (TPSA) is 69.4 Å². The Labute approximate surface area is 219 Å². The molecule has 2 aliphatic rings. The molecule has 1 aliphatic carbocycles. The van der Waals surface area contributed by atoms with Crippen LogP contribution in [0.5, 0.6) is 5.75 Å². The van der Waals surface area contributed by atoms with Gasteiger partial charge in [0.25, 0.3) is 11.5 Å². The van der Waals surface area contributed by atoms with Crippen molar-refractivity contribution in [3.63, 3.8) is 0 Å². The van der Waals surface area contributed by atoms with Gasteiger partial charge in [0.05, 0.1) is 18.5 Å². The summed E-state index contributed by atoms with van der Waals surface area (Å²) in [6.45, 7) is 2.31. The first kappa shape index (κ1) is 23.6. The molecule has 1 aliphatic heterocycles. The zero-order valence-corrected chi connectivity index (χ0v) is 21.7. The van der Waals surface area contributed by atoms with Gasteiger partial charge in [-0.05, 0) is 61.2 Å². The van der Waals surface area contributed by atoms with Crippen molar-refractivity contribution >= 4 is 23.2 Å². The van der Waals surface area contributed by atoms with Crippen LogP contribution in [0.15, 0.2) is 65.6 Å². The van der Waals surface area contributed by atoms with Crippen molar-refractivity contribution in [2.75, 3.05) is 12.0 Å². The average Bonchev–Trinajstić information content (AvgIpc) is 3.61. The molecular weight excluding hydrogens is 488 g/mol. The van der Waals surface area contributed by atoms with Crippen LogP contribution in [0, 0.1) is 6.92 Å². The van der Waals surface area contributed by atoms with E-state index in [4.69, 9.17) is 21.3 Å². The van der Waals surface area contributed by atoms with E-state index in [2.05, 4.69) is 4.57 Å². The molecule has 2 aromatic carbocycles. The van der Waals surface area contributed by atoms with Crippen LogP contribution in [0.3, 0.4) is 0 Å². The molecular formula is C29H27ClN4O3. The molecule has 7 nitrogen and oxygen atoms in total. The maximum Gasteiger partial charge on any atom is 0.277 e. The highest BCUT2D eigenvalue weighted by Gasteiger charge is 2.46. The second-order valence-corrected chi connectivity index (χ2v) is 10.3.